The predicted molar refractivity (Wildman–Crippen MR) is 139 cm³/mol. The zero-order valence-corrected chi connectivity index (χ0v) is 19.8. The molecule has 2 aromatic heterocycles. The van der Waals surface area contributed by atoms with Crippen molar-refractivity contribution in [2.75, 3.05) is 0 Å². The van der Waals surface area contributed by atoms with Crippen LogP contribution in [-0.2, 0) is 12.8 Å². The Morgan fingerprint density at radius 3 is 2.26 bits per heavy atom. The van der Waals surface area contributed by atoms with Gasteiger partial charge in [-0.05, 0) is 28.7 Å². The molecule has 0 atom stereocenters. The lowest BCUT2D eigenvalue weighted by Crippen LogP contribution is -2.07. The summed E-state index contributed by atoms with van der Waals surface area (Å²) in [6.07, 6.45) is 4.75. The second-order valence-corrected chi connectivity index (χ2v) is 9.04. The Balaban J connectivity index is 1.55. The minimum Gasteiger partial charge on any atom is -0.236 e. The van der Waals surface area contributed by atoms with Crippen molar-refractivity contribution in [3.05, 3.63) is 108 Å². The molecule has 0 aliphatic heterocycles. The molecular formula is C30H25N5. The van der Waals surface area contributed by atoms with Gasteiger partial charge in [0.25, 0.3) is 0 Å². The Kier molecular flexibility index (Phi) is 6.28. The molecule has 0 saturated heterocycles. The van der Waals surface area contributed by atoms with E-state index in [9.17, 15) is 5.26 Å². The number of rotatable bonds is 6. The van der Waals surface area contributed by atoms with Gasteiger partial charge in [0.15, 0.2) is 11.6 Å². The van der Waals surface area contributed by atoms with Crippen molar-refractivity contribution in [1.82, 2.24) is 19.9 Å². The van der Waals surface area contributed by atoms with Gasteiger partial charge in [0.2, 0.25) is 0 Å². The van der Waals surface area contributed by atoms with E-state index in [1.807, 2.05) is 48.7 Å². The first-order chi connectivity index (χ1) is 17.1. The molecule has 0 amide bonds. The lowest BCUT2D eigenvalue weighted by molar-refractivity contribution is 0.635. The van der Waals surface area contributed by atoms with Crippen LogP contribution in [0.4, 0.5) is 0 Å². The van der Waals surface area contributed by atoms with E-state index in [1.54, 1.807) is 6.20 Å². The van der Waals surface area contributed by atoms with Gasteiger partial charge >= 0.3 is 0 Å². The number of benzene rings is 3. The van der Waals surface area contributed by atoms with Gasteiger partial charge in [0.1, 0.15) is 6.07 Å². The molecule has 0 unspecified atom stereocenters. The summed E-state index contributed by atoms with van der Waals surface area (Å²) >= 11 is 0. The van der Waals surface area contributed by atoms with E-state index in [-0.39, 0.29) is 0 Å². The molecule has 0 fully saturated rings. The second kappa shape index (κ2) is 9.82. The Morgan fingerprint density at radius 2 is 1.49 bits per heavy atom. The van der Waals surface area contributed by atoms with Crippen LogP contribution in [0.1, 0.15) is 36.4 Å². The van der Waals surface area contributed by atoms with Crippen LogP contribution in [0, 0.1) is 17.2 Å². The molecule has 0 N–H and O–H groups in total. The minimum atomic E-state index is 0.405. The average molecular weight is 456 g/mol. The standard InChI is InChI=1S/C30H25N5/c1-20(2)14-28-26(19-33-29(35-28)23-9-4-3-5-10-23)30-32-18-25(17-31)27(34-30)16-21-12-13-22-8-6-7-11-24(22)15-21/h3-13,15,18-20H,14,16H2,1-2H3. The molecule has 0 aliphatic carbocycles. The smallest absolute Gasteiger partial charge is 0.162 e. The Bertz CT molecular complexity index is 1530. The van der Waals surface area contributed by atoms with Gasteiger partial charge in [0, 0.05) is 24.4 Å². The number of hydrogen-bond acceptors (Lipinski definition) is 5. The second-order valence-electron chi connectivity index (χ2n) is 9.04. The van der Waals surface area contributed by atoms with Crippen molar-refractivity contribution >= 4 is 10.8 Å². The van der Waals surface area contributed by atoms with Crippen LogP contribution in [0.2, 0.25) is 0 Å². The molecule has 2 heterocycles. The number of aromatic nitrogens is 4. The third-order valence-electron chi connectivity index (χ3n) is 5.92. The highest BCUT2D eigenvalue weighted by Gasteiger charge is 2.16. The van der Waals surface area contributed by atoms with E-state index in [0.29, 0.717) is 35.2 Å². The molecule has 35 heavy (non-hydrogen) atoms. The summed E-state index contributed by atoms with van der Waals surface area (Å²) in [5.41, 5.74) is 4.98. The van der Waals surface area contributed by atoms with Crippen LogP contribution in [0.15, 0.2) is 85.2 Å². The summed E-state index contributed by atoms with van der Waals surface area (Å²) in [6.45, 7) is 4.33. The lowest BCUT2D eigenvalue weighted by Gasteiger charge is -2.13. The summed E-state index contributed by atoms with van der Waals surface area (Å²) in [7, 11) is 0. The number of hydrogen-bond donors (Lipinski definition) is 0. The van der Waals surface area contributed by atoms with E-state index >= 15 is 0 Å². The van der Waals surface area contributed by atoms with Gasteiger partial charge in [-0.25, -0.2) is 19.9 Å². The van der Waals surface area contributed by atoms with E-state index in [4.69, 9.17) is 9.97 Å². The fourth-order valence-corrected chi connectivity index (χ4v) is 4.19. The fourth-order valence-electron chi connectivity index (χ4n) is 4.19. The maximum Gasteiger partial charge on any atom is 0.162 e. The Labute approximate surface area is 205 Å². The maximum absolute atomic E-state index is 9.71. The summed E-state index contributed by atoms with van der Waals surface area (Å²) in [4.78, 5) is 18.9. The number of fused-ring (bicyclic) bond motifs is 1. The normalized spacial score (nSPS) is 11.0. The largest absolute Gasteiger partial charge is 0.236 e. The Morgan fingerprint density at radius 1 is 0.771 bits per heavy atom. The number of nitriles is 1. The topological polar surface area (TPSA) is 75.3 Å². The van der Waals surface area contributed by atoms with Crippen LogP contribution < -0.4 is 0 Å². The Hall–Kier alpha value is -4.43. The van der Waals surface area contributed by atoms with Crippen molar-refractivity contribution in [1.29, 1.82) is 5.26 Å². The highest BCUT2D eigenvalue weighted by Crippen LogP contribution is 2.26. The highest BCUT2D eigenvalue weighted by atomic mass is 14.9. The SMILES string of the molecule is CC(C)Cc1nc(-c2ccccc2)ncc1-c1ncc(C#N)c(Cc2ccc3ccccc3c2)n1. The van der Waals surface area contributed by atoms with E-state index < -0.39 is 0 Å². The quantitative estimate of drug-likeness (QED) is 0.295. The van der Waals surface area contributed by atoms with Crippen molar-refractivity contribution < 1.29 is 0 Å². The summed E-state index contributed by atoms with van der Waals surface area (Å²) in [5.74, 6) is 1.65. The number of nitrogens with zero attached hydrogens (tertiary/aromatic N) is 5. The first-order valence-corrected chi connectivity index (χ1v) is 11.8. The summed E-state index contributed by atoms with van der Waals surface area (Å²) < 4.78 is 0. The van der Waals surface area contributed by atoms with Crippen molar-refractivity contribution in [2.45, 2.75) is 26.7 Å². The zero-order valence-electron chi connectivity index (χ0n) is 19.8. The van der Waals surface area contributed by atoms with Gasteiger partial charge in [-0.2, -0.15) is 5.26 Å². The predicted octanol–water partition coefficient (Wildman–Crippen LogP) is 6.41. The molecule has 0 aliphatic rings. The van der Waals surface area contributed by atoms with Crippen LogP contribution in [0.25, 0.3) is 33.5 Å². The van der Waals surface area contributed by atoms with Crippen LogP contribution in [-0.4, -0.2) is 19.9 Å². The van der Waals surface area contributed by atoms with Crippen molar-refractivity contribution in [3.8, 4) is 28.8 Å². The molecule has 3 aromatic carbocycles. The third kappa shape index (κ3) is 4.92. The average Bonchev–Trinajstić information content (AvgIpc) is 2.89. The van der Waals surface area contributed by atoms with Crippen LogP contribution >= 0.6 is 0 Å². The summed E-state index contributed by atoms with van der Waals surface area (Å²) in [5, 5.41) is 12.1. The summed E-state index contributed by atoms with van der Waals surface area (Å²) in [6, 6.07) is 26.8. The lowest BCUT2D eigenvalue weighted by atomic mass is 10.0. The monoisotopic (exact) mass is 455 g/mol. The fraction of sp³-hybridized carbons (Fsp3) is 0.167. The molecule has 5 rings (SSSR count). The zero-order chi connectivity index (χ0) is 24.2. The third-order valence-corrected chi connectivity index (χ3v) is 5.92. The molecule has 5 heteroatoms. The molecule has 0 saturated carbocycles. The van der Waals surface area contributed by atoms with Gasteiger partial charge < -0.3 is 0 Å². The first kappa shape index (κ1) is 22.4. The van der Waals surface area contributed by atoms with Gasteiger partial charge in [-0.15, -0.1) is 0 Å². The molecular weight excluding hydrogens is 430 g/mol. The van der Waals surface area contributed by atoms with E-state index in [0.717, 1.165) is 28.8 Å². The van der Waals surface area contributed by atoms with Gasteiger partial charge in [-0.1, -0.05) is 86.6 Å². The van der Waals surface area contributed by atoms with Crippen LogP contribution in [0.3, 0.4) is 0 Å². The van der Waals surface area contributed by atoms with Gasteiger partial charge in [0.05, 0.1) is 22.5 Å². The van der Waals surface area contributed by atoms with Crippen molar-refractivity contribution in [2.24, 2.45) is 5.92 Å². The maximum atomic E-state index is 9.71. The molecule has 0 radical (unpaired) electrons. The highest BCUT2D eigenvalue weighted by molar-refractivity contribution is 5.83. The van der Waals surface area contributed by atoms with E-state index in [2.05, 4.69) is 60.2 Å². The van der Waals surface area contributed by atoms with Gasteiger partial charge in [-0.3, -0.25) is 0 Å². The first-order valence-electron chi connectivity index (χ1n) is 11.8. The molecule has 0 bridgehead atoms. The molecule has 5 aromatic rings. The van der Waals surface area contributed by atoms with Crippen LogP contribution in [0.5, 0.6) is 0 Å². The molecule has 170 valence electrons. The van der Waals surface area contributed by atoms with E-state index in [1.165, 1.54) is 10.8 Å². The van der Waals surface area contributed by atoms with Crippen molar-refractivity contribution in [3.63, 3.8) is 0 Å². The molecule has 0 spiro atoms. The minimum absolute atomic E-state index is 0.405. The molecule has 5 nitrogen and oxygen atoms in total.